The van der Waals surface area contributed by atoms with Crippen molar-refractivity contribution in [3.8, 4) is 11.5 Å². The Morgan fingerprint density at radius 3 is 2.44 bits per heavy atom. The summed E-state index contributed by atoms with van der Waals surface area (Å²) >= 11 is 0. The molecule has 0 aromatic heterocycles. The lowest BCUT2D eigenvalue weighted by molar-refractivity contribution is -0.145. The van der Waals surface area contributed by atoms with E-state index >= 15 is 0 Å². The van der Waals surface area contributed by atoms with Crippen molar-refractivity contribution >= 4 is 5.97 Å². The molecule has 0 saturated heterocycles. The summed E-state index contributed by atoms with van der Waals surface area (Å²) in [6.07, 6.45) is 0.316. The maximum Gasteiger partial charge on any atom is 0.344 e. The van der Waals surface area contributed by atoms with Crippen molar-refractivity contribution in [2.45, 2.75) is 25.9 Å². The molecule has 0 bridgehead atoms. The van der Waals surface area contributed by atoms with E-state index in [0.29, 0.717) is 12.4 Å². The molecule has 0 aliphatic heterocycles. The number of carboxylic acid groups (broad SMARTS) is 1. The van der Waals surface area contributed by atoms with E-state index in [1.165, 1.54) is 0 Å². The van der Waals surface area contributed by atoms with Crippen LogP contribution in [-0.2, 0) is 4.79 Å². The molecule has 0 aliphatic rings. The summed E-state index contributed by atoms with van der Waals surface area (Å²) < 4.78 is 10.8. The fourth-order valence-electron chi connectivity index (χ4n) is 1.38. The topological polar surface area (TPSA) is 81.8 Å². The number of rotatable bonds is 8. The van der Waals surface area contributed by atoms with Gasteiger partial charge < -0.3 is 20.3 Å². The van der Waals surface area contributed by atoms with Gasteiger partial charge >= 0.3 is 5.97 Å². The second kappa shape index (κ2) is 7.55. The summed E-state index contributed by atoms with van der Waals surface area (Å²) in [6.45, 7) is 2.96. The van der Waals surface area contributed by atoms with Gasteiger partial charge in [-0.25, -0.2) is 4.79 Å². The number of hydrogen-bond donors (Lipinski definition) is 2. The Labute approximate surface area is 107 Å². The quantitative estimate of drug-likeness (QED) is 0.736. The number of nitrogens with two attached hydrogens (primary N) is 1. The van der Waals surface area contributed by atoms with E-state index in [2.05, 4.69) is 0 Å². The summed E-state index contributed by atoms with van der Waals surface area (Å²) in [5, 5.41) is 8.93. The highest BCUT2D eigenvalue weighted by Crippen LogP contribution is 2.19. The third-order valence-corrected chi connectivity index (χ3v) is 2.28. The molecule has 5 heteroatoms. The number of aliphatic carboxylic acids is 1. The average Bonchev–Trinajstić information content (AvgIpc) is 2.37. The van der Waals surface area contributed by atoms with Gasteiger partial charge in [0.15, 0.2) is 6.10 Å². The fraction of sp³-hybridized carbons (Fsp3) is 0.462. The van der Waals surface area contributed by atoms with Crippen LogP contribution in [0.25, 0.3) is 0 Å². The fourth-order valence-corrected chi connectivity index (χ4v) is 1.38. The minimum atomic E-state index is -1.01. The van der Waals surface area contributed by atoms with Crippen molar-refractivity contribution in [3.05, 3.63) is 24.3 Å². The van der Waals surface area contributed by atoms with Crippen LogP contribution in [0.15, 0.2) is 24.3 Å². The third-order valence-electron chi connectivity index (χ3n) is 2.28. The van der Waals surface area contributed by atoms with E-state index < -0.39 is 12.1 Å². The summed E-state index contributed by atoms with van der Waals surface area (Å²) in [6, 6.07) is 6.90. The molecule has 0 radical (unpaired) electrons. The van der Waals surface area contributed by atoms with Gasteiger partial charge in [0, 0.05) is 6.42 Å². The Balaban J connectivity index is 2.58. The van der Waals surface area contributed by atoms with Crippen LogP contribution in [0.4, 0.5) is 0 Å². The van der Waals surface area contributed by atoms with Gasteiger partial charge in [-0.05, 0) is 37.2 Å². The summed E-state index contributed by atoms with van der Waals surface area (Å²) in [5.41, 5.74) is 5.34. The lowest BCUT2D eigenvalue weighted by atomic mass is 10.2. The lowest BCUT2D eigenvalue weighted by Gasteiger charge is -2.14. The smallest absolute Gasteiger partial charge is 0.344 e. The van der Waals surface area contributed by atoms with Gasteiger partial charge in [-0.2, -0.15) is 0 Å². The van der Waals surface area contributed by atoms with Crippen molar-refractivity contribution in [1.29, 1.82) is 0 Å². The summed E-state index contributed by atoms with van der Waals surface area (Å²) in [5.74, 6) is 0.237. The third kappa shape index (κ3) is 4.63. The lowest BCUT2D eigenvalue weighted by Crippen LogP contribution is -2.29. The molecular weight excluding hydrogens is 234 g/mol. The Hall–Kier alpha value is -1.75. The number of hydrogen-bond acceptors (Lipinski definition) is 4. The molecule has 1 unspecified atom stereocenters. The van der Waals surface area contributed by atoms with Crippen molar-refractivity contribution in [1.82, 2.24) is 0 Å². The number of carboxylic acids is 1. The zero-order valence-electron chi connectivity index (χ0n) is 10.5. The van der Waals surface area contributed by atoms with Crippen molar-refractivity contribution < 1.29 is 19.4 Å². The Kier molecular flexibility index (Phi) is 6.00. The number of ether oxygens (including phenoxy) is 2. The predicted molar refractivity (Wildman–Crippen MR) is 68.0 cm³/mol. The molecule has 0 spiro atoms. The highest BCUT2D eigenvalue weighted by atomic mass is 16.5. The van der Waals surface area contributed by atoms with Gasteiger partial charge in [-0.3, -0.25) is 0 Å². The molecule has 0 fully saturated rings. The van der Waals surface area contributed by atoms with Gasteiger partial charge in [0.25, 0.3) is 0 Å². The molecule has 0 aliphatic carbocycles. The molecule has 3 N–H and O–H groups in total. The van der Waals surface area contributed by atoms with Gasteiger partial charge in [0.05, 0.1) is 6.61 Å². The van der Waals surface area contributed by atoms with Crippen molar-refractivity contribution in [2.75, 3.05) is 13.2 Å². The molecule has 5 nitrogen and oxygen atoms in total. The molecule has 1 aromatic carbocycles. The first-order valence-corrected chi connectivity index (χ1v) is 5.99. The van der Waals surface area contributed by atoms with Gasteiger partial charge in [0.1, 0.15) is 11.5 Å². The van der Waals surface area contributed by atoms with Crippen LogP contribution in [0.3, 0.4) is 0 Å². The highest BCUT2D eigenvalue weighted by Gasteiger charge is 2.18. The van der Waals surface area contributed by atoms with E-state index in [1.54, 1.807) is 24.3 Å². The van der Waals surface area contributed by atoms with Crippen LogP contribution in [0.5, 0.6) is 11.5 Å². The van der Waals surface area contributed by atoms with E-state index in [4.69, 9.17) is 20.3 Å². The van der Waals surface area contributed by atoms with E-state index in [-0.39, 0.29) is 13.0 Å². The first kappa shape index (κ1) is 14.3. The monoisotopic (exact) mass is 253 g/mol. The zero-order chi connectivity index (χ0) is 13.4. The normalized spacial score (nSPS) is 11.9. The van der Waals surface area contributed by atoms with Crippen molar-refractivity contribution in [2.24, 2.45) is 5.73 Å². The van der Waals surface area contributed by atoms with E-state index in [9.17, 15) is 4.79 Å². The molecule has 1 rings (SSSR count). The van der Waals surface area contributed by atoms with Gasteiger partial charge in [-0.15, -0.1) is 0 Å². The van der Waals surface area contributed by atoms with E-state index in [0.717, 1.165) is 12.2 Å². The van der Waals surface area contributed by atoms with Crippen LogP contribution >= 0.6 is 0 Å². The second-order valence-electron chi connectivity index (χ2n) is 3.84. The summed E-state index contributed by atoms with van der Waals surface area (Å²) in [4.78, 5) is 10.9. The molecular formula is C13H19NO4. The highest BCUT2D eigenvalue weighted by molar-refractivity contribution is 5.72. The molecule has 0 amide bonds. The predicted octanol–water partition coefficient (Wildman–Crippen LogP) is 1.66. The van der Waals surface area contributed by atoms with Crippen LogP contribution in [0.2, 0.25) is 0 Å². The first-order valence-electron chi connectivity index (χ1n) is 5.99. The average molecular weight is 253 g/mol. The minimum absolute atomic E-state index is 0.272. The Morgan fingerprint density at radius 1 is 1.33 bits per heavy atom. The molecule has 0 heterocycles. The second-order valence-corrected chi connectivity index (χ2v) is 3.84. The van der Waals surface area contributed by atoms with Gasteiger partial charge in [-0.1, -0.05) is 6.92 Å². The maximum atomic E-state index is 10.9. The first-order chi connectivity index (χ1) is 8.67. The van der Waals surface area contributed by atoms with E-state index in [1.807, 2.05) is 6.92 Å². The maximum absolute atomic E-state index is 10.9. The van der Waals surface area contributed by atoms with Crippen molar-refractivity contribution in [3.63, 3.8) is 0 Å². The molecule has 100 valence electrons. The number of carbonyl (C=O) groups is 1. The SMILES string of the molecule is CCCOc1ccc(OC(CCN)C(=O)O)cc1. The standard InChI is InChI=1S/C13H19NO4/c1-2-9-17-10-3-5-11(6-4-10)18-12(7-8-14)13(15)16/h3-6,12H,2,7-9,14H2,1H3,(H,15,16). The molecule has 1 aromatic rings. The van der Waals surface area contributed by atoms with Crippen LogP contribution in [0.1, 0.15) is 19.8 Å². The van der Waals surface area contributed by atoms with Crippen LogP contribution in [-0.4, -0.2) is 30.3 Å². The molecule has 1 atom stereocenters. The van der Waals surface area contributed by atoms with Crippen LogP contribution < -0.4 is 15.2 Å². The zero-order valence-corrected chi connectivity index (χ0v) is 10.5. The molecule has 18 heavy (non-hydrogen) atoms. The Morgan fingerprint density at radius 2 is 1.94 bits per heavy atom. The number of benzene rings is 1. The molecule has 0 saturated carbocycles. The summed E-state index contributed by atoms with van der Waals surface area (Å²) in [7, 11) is 0. The van der Waals surface area contributed by atoms with Gasteiger partial charge in [0.2, 0.25) is 0 Å². The minimum Gasteiger partial charge on any atom is -0.494 e. The Bertz CT molecular complexity index is 364. The largest absolute Gasteiger partial charge is 0.494 e. The van der Waals surface area contributed by atoms with Crippen LogP contribution in [0, 0.1) is 0 Å².